The molecule has 202 valence electrons. The van der Waals surface area contributed by atoms with E-state index in [1.165, 1.54) is 0 Å². The molecule has 3 rings (SSSR count). The number of piperidine rings is 1. The maximum absolute atomic E-state index is 14.3. The van der Waals surface area contributed by atoms with Gasteiger partial charge in [-0.05, 0) is 61.6 Å². The molecule has 2 aromatic carbocycles. The van der Waals surface area contributed by atoms with Crippen LogP contribution in [0.5, 0.6) is 0 Å². The number of nitrogens with zero attached hydrogens (tertiary/aromatic N) is 1. The van der Waals surface area contributed by atoms with Gasteiger partial charge in [0, 0.05) is 34.4 Å². The first-order valence-electron chi connectivity index (χ1n) is 12.4. The van der Waals surface area contributed by atoms with Crippen LogP contribution in [0, 0.1) is 11.3 Å². The van der Waals surface area contributed by atoms with Crippen molar-refractivity contribution in [3.05, 3.63) is 69.7 Å². The number of rotatable bonds is 9. The SMILES string of the molecule is CC(C)[C@@H](CS(=O)(=O)C(C)C)N1C(=O)[C@@](C)(CC(=O)[O-])C[C@H](c2cccc(Cl)c2)[C@H]1c1ccc(Cl)cc1. The molecule has 1 fully saturated rings. The zero-order chi connectivity index (χ0) is 27.7. The van der Waals surface area contributed by atoms with Crippen molar-refractivity contribution in [2.24, 2.45) is 11.3 Å². The number of hydrogen-bond acceptors (Lipinski definition) is 5. The van der Waals surface area contributed by atoms with Gasteiger partial charge in [-0.2, -0.15) is 0 Å². The Morgan fingerprint density at radius 3 is 2.19 bits per heavy atom. The van der Waals surface area contributed by atoms with E-state index in [1.807, 2.05) is 44.2 Å². The number of amides is 1. The molecule has 0 bridgehead atoms. The topological polar surface area (TPSA) is 94.6 Å². The van der Waals surface area contributed by atoms with E-state index in [0.717, 1.165) is 11.1 Å². The molecule has 0 saturated carbocycles. The Kier molecular flexibility index (Phi) is 9.03. The number of aliphatic carboxylic acids is 1. The lowest BCUT2D eigenvalue weighted by molar-refractivity contribution is -0.308. The smallest absolute Gasteiger partial charge is 0.229 e. The van der Waals surface area contributed by atoms with Crippen molar-refractivity contribution in [2.75, 3.05) is 5.75 Å². The van der Waals surface area contributed by atoms with E-state index in [9.17, 15) is 23.1 Å². The number of halogens is 2. The van der Waals surface area contributed by atoms with Gasteiger partial charge in [-0.25, -0.2) is 8.42 Å². The zero-order valence-corrected chi connectivity index (χ0v) is 24.1. The molecule has 0 radical (unpaired) electrons. The summed E-state index contributed by atoms with van der Waals surface area (Å²) in [6, 6.07) is 13.2. The second-order valence-corrected chi connectivity index (χ2v) is 14.3. The highest BCUT2D eigenvalue weighted by molar-refractivity contribution is 7.92. The fourth-order valence-electron chi connectivity index (χ4n) is 5.25. The summed E-state index contributed by atoms with van der Waals surface area (Å²) in [7, 11) is -3.54. The predicted molar refractivity (Wildman–Crippen MR) is 145 cm³/mol. The maximum atomic E-state index is 14.3. The molecule has 1 saturated heterocycles. The van der Waals surface area contributed by atoms with Crippen LogP contribution >= 0.6 is 23.2 Å². The Balaban J connectivity index is 2.30. The summed E-state index contributed by atoms with van der Waals surface area (Å²) in [4.78, 5) is 27.7. The predicted octanol–water partition coefficient (Wildman–Crippen LogP) is 5.04. The number of carboxylic acids is 1. The van der Waals surface area contributed by atoms with Crippen molar-refractivity contribution in [3.63, 3.8) is 0 Å². The Morgan fingerprint density at radius 1 is 1.05 bits per heavy atom. The van der Waals surface area contributed by atoms with E-state index < -0.39 is 50.9 Å². The van der Waals surface area contributed by atoms with E-state index >= 15 is 0 Å². The zero-order valence-electron chi connectivity index (χ0n) is 21.8. The Bertz CT molecular complexity index is 1250. The second-order valence-electron chi connectivity index (χ2n) is 10.9. The summed E-state index contributed by atoms with van der Waals surface area (Å²) in [6.45, 7) is 8.63. The lowest BCUT2D eigenvalue weighted by Gasteiger charge is -2.53. The van der Waals surface area contributed by atoms with Crippen molar-refractivity contribution >= 4 is 44.9 Å². The number of carbonyl (C=O) groups excluding carboxylic acids is 2. The molecule has 1 aliphatic heterocycles. The summed E-state index contributed by atoms with van der Waals surface area (Å²) in [5, 5.41) is 12.2. The highest BCUT2D eigenvalue weighted by atomic mass is 35.5. The number of hydrogen-bond donors (Lipinski definition) is 0. The first-order chi connectivity index (χ1) is 17.2. The van der Waals surface area contributed by atoms with E-state index in [2.05, 4.69) is 0 Å². The van der Waals surface area contributed by atoms with Gasteiger partial charge in [0.1, 0.15) is 0 Å². The van der Waals surface area contributed by atoms with Gasteiger partial charge in [-0.3, -0.25) is 4.79 Å². The highest BCUT2D eigenvalue weighted by Crippen LogP contribution is 2.52. The summed E-state index contributed by atoms with van der Waals surface area (Å²) in [5.74, 6) is -2.54. The number of likely N-dealkylation sites (tertiary alicyclic amines) is 1. The average molecular weight is 568 g/mol. The average Bonchev–Trinajstić information content (AvgIpc) is 2.79. The van der Waals surface area contributed by atoms with Crippen molar-refractivity contribution in [2.45, 2.75) is 70.7 Å². The molecular weight excluding hydrogens is 533 g/mol. The molecule has 1 amide bonds. The fourth-order valence-corrected chi connectivity index (χ4v) is 6.99. The van der Waals surface area contributed by atoms with Gasteiger partial charge in [0.15, 0.2) is 9.84 Å². The molecule has 37 heavy (non-hydrogen) atoms. The molecule has 4 atom stereocenters. The largest absolute Gasteiger partial charge is 0.550 e. The molecule has 1 heterocycles. The standard InChI is InChI=1S/C28H35Cl2NO5S/c1-17(2)24(16-37(35,36)18(3)4)31-26(19-9-11-21(29)12-10-19)23(20-7-6-8-22(30)13-20)14-28(5,27(31)34)15-25(32)33/h6-13,17-18,23-24,26H,14-16H2,1-5H3,(H,32,33)/p-1/t23-,24-,26-,28-/m1/s1. The molecule has 6 nitrogen and oxygen atoms in total. The third-order valence-electron chi connectivity index (χ3n) is 7.37. The highest BCUT2D eigenvalue weighted by Gasteiger charge is 2.52. The molecule has 1 aliphatic rings. The summed E-state index contributed by atoms with van der Waals surface area (Å²) in [6.07, 6.45) is -0.250. The van der Waals surface area contributed by atoms with Crippen molar-refractivity contribution in [3.8, 4) is 0 Å². The van der Waals surface area contributed by atoms with Gasteiger partial charge in [0.05, 0.1) is 22.5 Å². The van der Waals surface area contributed by atoms with E-state index in [1.54, 1.807) is 43.9 Å². The third kappa shape index (κ3) is 6.50. The number of benzene rings is 2. The Labute approximate surface area is 229 Å². The number of carboxylic acid groups (broad SMARTS) is 1. The molecule has 0 N–H and O–H groups in total. The minimum absolute atomic E-state index is 0.224. The maximum Gasteiger partial charge on any atom is 0.229 e. The van der Waals surface area contributed by atoms with Crippen LogP contribution in [0.3, 0.4) is 0 Å². The van der Waals surface area contributed by atoms with E-state index in [4.69, 9.17) is 23.2 Å². The number of sulfone groups is 1. The molecule has 0 aromatic heterocycles. The van der Waals surface area contributed by atoms with Crippen molar-refractivity contribution in [1.29, 1.82) is 0 Å². The summed E-state index contributed by atoms with van der Waals surface area (Å²) in [5.41, 5.74) is 0.318. The van der Waals surface area contributed by atoms with E-state index in [-0.39, 0.29) is 24.0 Å². The lowest BCUT2D eigenvalue weighted by Crippen LogP contribution is -2.59. The monoisotopic (exact) mass is 566 g/mol. The van der Waals surface area contributed by atoms with Gasteiger partial charge in [0.2, 0.25) is 5.91 Å². The van der Waals surface area contributed by atoms with Crippen LogP contribution in [0.25, 0.3) is 0 Å². The van der Waals surface area contributed by atoms with E-state index in [0.29, 0.717) is 10.0 Å². The molecular formula is C28H34Cl2NO5S-. The minimum atomic E-state index is -3.54. The van der Waals surface area contributed by atoms with Crippen LogP contribution in [0.2, 0.25) is 10.0 Å². The minimum Gasteiger partial charge on any atom is -0.550 e. The van der Waals surface area contributed by atoms with Gasteiger partial charge >= 0.3 is 0 Å². The molecule has 0 unspecified atom stereocenters. The van der Waals surface area contributed by atoms with Crippen molar-refractivity contribution in [1.82, 2.24) is 4.90 Å². The Morgan fingerprint density at radius 2 is 1.68 bits per heavy atom. The van der Waals surface area contributed by atoms with Crippen molar-refractivity contribution < 1.29 is 23.1 Å². The first kappa shape index (κ1) is 29.5. The molecule has 0 aliphatic carbocycles. The lowest BCUT2D eigenvalue weighted by atomic mass is 9.66. The van der Waals surface area contributed by atoms with Gasteiger partial charge in [-0.1, -0.05) is 68.2 Å². The van der Waals surface area contributed by atoms with Crippen LogP contribution < -0.4 is 5.11 Å². The molecule has 9 heteroatoms. The summed E-state index contributed by atoms with van der Waals surface area (Å²) >= 11 is 12.5. The van der Waals surface area contributed by atoms with Gasteiger partial charge < -0.3 is 14.8 Å². The van der Waals surface area contributed by atoms with Crippen LogP contribution in [0.4, 0.5) is 0 Å². The summed E-state index contributed by atoms with van der Waals surface area (Å²) < 4.78 is 26.3. The van der Waals surface area contributed by atoms with Crippen LogP contribution in [0.1, 0.15) is 70.5 Å². The van der Waals surface area contributed by atoms with Crippen LogP contribution in [-0.2, 0) is 19.4 Å². The Hall–Kier alpha value is -2.09. The fraction of sp³-hybridized carbons (Fsp3) is 0.500. The molecule has 2 aromatic rings. The normalized spacial score (nSPS) is 23.5. The van der Waals surface area contributed by atoms with Gasteiger partial charge in [-0.15, -0.1) is 0 Å². The quantitative estimate of drug-likeness (QED) is 0.423. The molecule has 0 spiro atoms. The number of carbonyl (C=O) groups is 2. The van der Waals surface area contributed by atoms with Gasteiger partial charge in [0.25, 0.3) is 0 Å². The first-order valence-corrected chi connectivity index (χ1v) is 14.9. The van der Waals surface area contributed by atoms with Crippen LogP contribution in [0.15, 0.2) is 48.5 Å². The second kappa shape index (κ2) is 11.3. The van der Waals surface area contributed by atoms with Crippen LogP contribution in [-0.4, -0.2) is 42.2 Å². The third-order valence-corrected chi connectivity index (χ3v) is 10.1.